The summed E-state index contributed by atoms with van der Waals surface area (Å²) >= 11 is 0. The van der Waals surface area contributed by atoms with E-state index < -0.39 is 0 Å². The van der Waals surface area contributed by atoms with E-state index in [4.69, 9.17) is 5.10 Å². The van der Waals surface area contributed by atoms with Gasteiger partial charge in [0.05, 0.1) is 17.3 Å². The van der Waals surface area contributed by atoms with E-state index in [2.05, 4.69) is 43.4 Å². The van der Waals surface area contributed by atoms with E-state index in [0.29, 0.717) is 6.04 Å². The molecule has 1 atom stereocenters. The second-order valence-electron chi connectivity index (χ2n) is 5.69. The Labute approximate surface area is 116 Å². The highest BCUT2D eigenvalue weighted by molar-refractivity contribution is 5.82. The molecule has 1 unspecified atom stereocenters. The van der Waals surface area contributed by atoms with Gasteiger partial charge in [-0.25, -0.2) is 0 Å². The van der Waals surface area contributed by atoms with Crippen molar-refractivity contribution >= 4 is 10.9 Å². The first-order valence-corrected chi connectivity index (χ1v) is 7.22. The average molecular weight is 259 g/mol. The minimum Gasteiger partial charge on any atom is -0.312 e. The van der Waals surface area contributed by atoms with Gasteiger partial charge in [-0.15, -0.1) is 0 Å². The molecule has 3 heteroatoms. The Hall–Kier alpha value is -1.35. The molecule has 0 radical (unpaired) electrons. The lowest BCUT2D eigenvalue weighted by Crippen LogP contribution is -2.17. The van der Waals surface area contributed by atoms with Crippen LogP contribution in [0.15, 0.2) is 24.3 Å². The van der Waals surface area contributed by atoms with Crippen LogP contribution in [0.4, 0.5) is 0 Å². The predicted octanol–water partition coefficient (Wildman–Crippen LogP) is 3.66. The van der Waals surface area contributed by atoms with Crippen LogP contribution in [0, 0.1) is 5.92 Å². The maximum atomic E-state index is 4.71. The molecule has 0 saturated heterocycles. The highest BCUT2D eigenvalue weighted by atomic mass is 15.3. The van der Waals surface area contributed by atoms with Gasteiger partial charge in [-0.05, 0) is 25.5 Å². The molecule has 2 aromatic rings. The lowest BCUT2D eigenvalue weighted by Gasteiger charge is -2.15. The molecule has 0 bridgehead atoms. The molecule has 1 aromatic carbocycles. The molecule has 1 N–H and O–H groups in total. The summed E-state index contributed by atoms with van der Waals surface area (Å²) in [4.78, 5) is 0. The van der Waals surface area contributed by atoms with E-state index in [1.54, 1.807) is 0 Å². The molecule has 104 valence electrons. The molecule has 3 nitrogen and oxygen atoms in total. The maximum absolute atomic E-state index is 4.71. The standard InChI is InChI=1S/C16H25N3/c1-12(2)8-7-10-14(17-3)16-13-9-5-6-11-15(13)19(4)18-16/h5-6,9,11-12,14,17H,7-8,10H2,1-4H3. The summed E-state index contributed by atoms with van der Waals surface area (Å²) in [5, 5.41) is 9.41. The molecular weight excluding hydrogens is 234 g/mol. The number of nitrogens with one attached hydrogen (secondary N) is 1. The third kappa shape index (κ3) is 3.16. The van der Waals surface area contributed by atoms with E-state index in [0.717, 1.165) is 12.3 Å². The van der Waals surface area contributed by atoms with Crippen LogP contribution in [0.1, 0.15) is 44.8 Å². The van der Waals surface area contributed by atoms with Crippen molar-refractivity contribution in [3.05, 3.63) is 30.0 Å². The zero-order chi connectivity index (χ0) is 13.8. The molecule has 0 saturated carbocycles. The largest absolute Gasteiger partial charge is 0.312 e. The fraction of sp³-hybridized carbons (Fsp3) is 0.562. The minimum atomic E-state index is 0.352. The Morgan fingerprint density at radius 2 is 1.95 bits per heavy atom. The highest BCUT2D eigenvalue weighted by Gasteiger charge is 2.17. The van der Waals surface area contributed by atoms with Crippen molar-refractivity contribution < 1.29 is 0 Å². The zero-order valence-corrected chi connectivity index (χ0v) is 12.5. The first-order chi connectivity index (χ1) is 9.13. The van der Waals surface area contributed by atoms with Gasteiger partial charge in [-0.2, -0.15) is 5.10 Å². The van der Waals surface area contributed by atoms with E-state index in [-0.39, 0.29) is 0 Å². The molecule has 1 aromatic heterocycles. The Bertz CT molecular complexity index is 528. The van der Waals surface area contributed by atoms with Crippen LogP contribution in [-0.4, -0.2) is 16.8 Å². The number of benzene rings is 1. The molecule has 2 rings (SSSR count). The number of nitrogens with zero attached hydrogens (tertiary/aromatic N) is 2. The number of hydrogen-bond donors (Lipinski definition) is 1. The van der Waals surface area contributed by atoms with Crippen LogP contribution >= 0.6 is 0 Å². The van der Waals surface area contributed by atoms with Crippen molar-refractivity contribution in [2.75, 3.05) is 7.05 Å². The Balaban J connectivity index is 2.21. The third-order valence-electron chi connectivity index (χ3n) is 3.74. The third-order valence-corrected chi connectivity index (χ3v) is 3.74. The molecule has 0 aliphatic heterocycles. The Morgan fingerprint density at radius 3 is 2.63 bits per heavy atom. The molecule has 0 aliphatic rings. The molecule has 1 heterocycles. The predicted molar refractivity (Wildman–Crippen MR) is 81.2 cm³/mol. The quantitative estimate of drug-likeness (QED) is 0.858. The van der Waals surface area contributed by atoms with Crippen LogP contribution in [0.3, 0.4) is 0 Å². The summed E-state index contributed by atoms with van der Waals surface area (Å²) < 4.78 is 1.98. The van der Waals surface area contributed by atoms with Gasteiger partial charge in [-0.3, -0.25) is 4.68 Å². The monoisotopic (exact) mass is 259 g/mol. The normalized spacial score (nSPS) is 13.3. The molecule has 0 aliphatic carbocycles. The number of aryl methyl sites for hydroxylation is 1. The van der Waals surface area contributed by atoms with Gasteiger partial charge < -0.3 is 5.32 Å². The fourth-order valence-corrected chi connectivity index (χ4v) is 2.65. The van der Waals surface area contributed by atoms with Gasteiger partial charge in [0.2, 0.25) is 0 Å². The van der Waals surface area contributed by atoms with Crippen molar-refractivity contribution in [2.45, 2.75) is 39.2 Å². The molecule has 19 heavy (non-hydrogen) atoms. The first-order valence-electron chi connectivity index (χ1n) is 7.22. The van der Waals surface area contributed by atoms with Crippen molar-refractivity contribution in [3.63, 3.8) is 0 Å². The van der Waals surface area contributed by atoms with Crippen molar-refractivity contribution in [2.24, 2.45) is 13.0 Å². The summed E-state index contributed by atoms with van der Waals surface area (Å²) in [7, 11) is 4.05. The van der Waals surface area contributed by atoms with E-state index in [1.165, 1.54) is 29.4 Å². The van der Waals surface area contributed by atoms with Crippen molar-refractivity contribution in [1.29, 1.82) is 0 Å². The number of fused-ring (bicyclic) bond motifs is 1. The first kappa shape index (κ1) is 14.1. The van der Waals surface area contributed by atoms with Crippen LogP contribution < -0.4 is 5.32 Å². The van der Waals surface area contributed by atoms with Gasteiger partial charge in [0, 0.05) is 12.4 Å². The van der Waals surface area contributed by atoms with Crippen molar-refractivity contribution in [1.82, 2.24) is 15.1 Å². The smallest absolute Gasteiger partial charge is 0.0872 e. The molecular formula is C16H25N3. The highest BCUT2D eigenvalue weighted by Crippen LogP contribution is 2.26. The minimum absolute atomic E-state index is 0.352. The molecule has 0 amide bonds. The topological polar surface area (TPSA) is 29.9 Å². The second kappa shape index (κ2) is 6.20. The number of rotatable bonds is 6. The Morgan fingerprint density at radius 1 is 1.21 bits per heavy atom. The number of hydrogen-bond acceptors (Lipinski definition) is 2. The Kier molecular flexibility index (Phi) is 4.59. The molecule has 0 fully saturated rings. The average Bonchev–Trinajstić information content (AvgIpc) is 2.73. The van der Waals surface area contributed by atoms with Crippen LogP contribution in [0.25, 0.3) is 10.9 Å². The summed E-state index contributed by atoms with van der Waals surface area (Å²) in [6.07, 6.45) is 3.67. The second-order valence-corrected chi connectivity index (χ2v) is 5.69. The SMILES string of the molecule is CNC(CCCC(C)C)c1nn(C)c2ccccc12. The zero-order valence-electron chi connectivity index (χ0n) is 12.5. The van der Waals surface area contributed by atoms with Crippen molar-refractivity contribution in [3.8, 4) is 0 Å². The lowest BCUT2D eigenvalue weighted by molar-refractivity contribution is 0.463. The summed E-state index contributed by atoms with van der Waals surface area (Å²) in [6, 6.07) is 8.82. The fourth-order valence-electron chi connectivity index (χ4n) is 2.65. The van der Waals surface area contributed by atoms with Gasteiger partial charge in [0.25, 0.3) is 0 Å². The van der Waals surface area contributed by atoms with Gasteiger partial charge in [0.1, 0.15) is 0 Å². The molecule has 0 spiro atoms. The van der Waals surface area contributed by atoms with Crippen LogP contribution in [0.5, 0.6) is 0 Å². The van der Waals surface area contributed by atoms with Gasteiger partial charge in [0.15, 0.2) is 0 Å². The van der Waals surface area contributed by atoms with Gasteiger partial charge in [-0.1, -0.05) is 44.9 Å². The lowest BCUT2D eigenvalue weighted by atomic mass is 10.00. The summed E-state index contributed by atoms with van der Waals surface area (Å²) in [6.45, 7) is 4.56. The number of para-hydroxylation sites is 1. The summed E-state index contributed by atoms with van der Waals surface area (Å²) in [5.74, 6) is 0.776. The van der Waals surface area contributed by atoms with E-state index in [9.17, 15) is 0 Å². The van der Waals surface area contributed by atoms with Crippen LogP contribution in [0.2, 0.25) is 0 Å². The summed E-state index contributed by atoms with van der Waals surface area (Å²) in [5.41, 5.74) is 2.39. The van der Waals surface area contributed by atoms with Crippen LogP contribution in [-0.2, 0) is 7.05 Å². The van der Waals surface area contributed by atoms with E-state index in [1.807, 2.05) is 18.8 Å². The van der Waals surface area contributed by atoms with E-state index >= 15 is 0 Å². The number of aromatic nitrogens is 2. The maximum Gasteiger partial charge on any atom is 0.0872 e. The van der Waals surface area contributed by atoms with Gasteiger partial charge >= 0.3 is 0 Å².